The molecule has 0 saturated heterocycles. The molecule has 0 radical (unpaired) electrons. The van der Waals surface area contributed by atoms with Crippen LogP contribution >= 0.6 is 11.3 Å². The number of nitrogens with zero attached hydrogens (tertiary/aromatic N) is 4. The second kappa shape index (κ2) is 7.46. The summed E-state index contributed by atoms with van der Waals surface area (Å²) in [6, 6.07) is 8.16. The predicted octanol–water partition coefficient (Wildman–Crippen LogP) is 4.50. The van der Waals surface area contributed by atoms with E-state index >= 15 is 0 Å². The van der Waals surface area contributed by atoms with Gasteiger partial charge in [0.05, 0.1) is 23.4 Å². The van der Waals surface area contributed by atoms with E-state index in [0.29, 0.717) is 19.1 Å². The third kappa shape index (κ3) is 3.53. The van der Waals surface area contributed by atoms with Crippen molar-refractivity contribution < 1.29 is 9.53 Å². The van der Waals surface area contributed by atoms with Crippen molar-refractivity contribution in [3.63, 3.8) is 0 Å². The second-order valence-corrected chi connectivity index (χ2v) is 9.82. The smallest absolute Gasteiger partial charge is 0.255 e. The molecule has 7 nitrogen and oxygen atoms in total. The number of aromatic nitrogens is 3. The fourth-order valence-electron chi connectivity index (χ4n) is 4.20. The maximum Gasteiger partial charge on any atom is 0.255 e. The normalized spacial score (nSPS) is 17.3. The van der Waals surface area contributed by atoms with Gasteiger partial charge in [0.2, 0.25) is 0 Å². The van der Waals surface area contributed by atoms with Gasteiger partial charge in [-0.1, -0.05) is 0 Å². The topological polar surface area (TPSA) is 72.3 Å². The van der Waals surface area contributed by atoms with E-state index in [4.69, 9.17) is 4.74 Å². The van der Waals surface area contributed by atoms with Gasteiger partial charge in [-0.05, 0) is 50.5 Å². The Kier molecular flexibility index (Phi) is 4.86. The minimum absolute atomic E-state index is 0.0782. The minimum Gasteiger partial charge on any atom is -0.383 e. The number of thiophene rings is 1. The zero-order valence-corrected chi connectivity index (χ0v) is 19.1. The molecule has 1 N–H and O–H groups in total. The first-order valence-corrected chi connectivity index (χ1v) is 11.4. The fraction of sp³-hybridized carbons (Fsp3) is 0.435. The molecule has 3 aromatic rings. The van der Waals surface area contributed by atoms with Gasteiger partial charge >= 0.3 is 0 Å². The van der Waals surface area contributed by atoms with Crippen LogP contribution in [0.25, 0.3) is 10.4 Å². The number of hydrogen-bond donors (Lipinski definition) is 1. The fourth-order valence-corrected chi connectivity index (χ4v) is 5.46. The molecule has 1 fully saturated rings. The number of fused-ring (bicyclic) bond motifs is 1. The summed E-state index contributed by atoms with van der Waals surface area (Å²) in [6.07, 6.45) is 4.26. The number of nitrogens with one attached hydrogen (secondary N) is 1. The summed E-state index contributed by atoms with van der Waals surface area (Å²) in [5, 5.41) is 8.01. The average Bonchev–Trinajstić information content (AvgIpc) is 3.34. The van der Waals surface area contributed by atoms with Crippen LogP contribution in [0.1, 0.15) is 53.5 Å². The Morgan fingerprint density at radius 3 is 2.81 bits per heavy atom. The van der Waals surface area contributed by atoms with E-state index in [2.05, 4.69) is 35.3 Å². The summed E-state index contributed by atoms with van der Waals surface area (Å²) in [6.45, 7) is 5.33. The van der Waals surface area contributed by atoms with Crippen molar-refractivity contribution in [1.82, 2.24) is 19.7 Å². The Bertz CT molecular complexity index is 1140. The number of hydrogen-bond acceptors (Lipinski definition) is 6. The van der Waals surface area contributed by atoms with Crippen LogP contribution in [0.3, 0.4) is 0 Å². The first-order valence-electron chi connectivity index (χ1n) is 10.6. The number of rotatable bonds is 7. The number of methoxy groups -OCH3 is 1. The van der Waals surface area contributed by atoms with Gasteiger partial charge < -0.3 is 15.0 Å². The third-order valence-corrected chi connectivity index (χ3v) is 7.65. The number of carbonyl (C=O) groups is 1. The monoisotopic (exact) mass is 437 g/mol. The quantitative estimate of drug-likeness (QED) is 0.589. The molecular weight excluding hydrogens is 410 g/mol. The standard InChI is InChI=1S/C23H27N5O2S/c1-23(2)21-16(22(29)28(23)9-10-30-4)12-18(31-21)15-7-8-24-19(11-15)25-20-13-17(14-5-6-14)26-27(20)3/h7-8,11-14H,5-6,9-10H2,1-4H3,(H,24,25). The molecule has 1 aliphatic carbocycles. The molecule has 0 bridgehead atoms. The summed E-state index contributed by atoms with van der Waals surface area (Å²) in [7, 11) is 3.61. The maximum atomic E-state index is 13.0. The van der Waals surface area contributed by atoms with Crippen molar-refractivity contribution in [2.45, 2.75) is 38.1 Å². The Hall–Kier alpha value is -2.71. The summed E-state index contributed by atoms with van der Waals surface area (Å²) >= 11 is 1.68. The Labute approximate surface area is 186 Å². The molecule has 4 heterocycles. The van der Waals surface area contributed by atoms with Crippen LogP contribution < -0.4 is 5.32 Å². The largest absolute Gasteiger partial charge is 0.383 e. The summed E-state index contributed by atoms with van der Waals surface area (Å²) in [5.74, 6) is 2.39. The van der Waals surface area contributed by atoms with Gasteiger partial charge in [0.15, 0.2) is 0 Å². The van der Waals surface area contributed by atoms with E-state index in [0.717, 1.165) is 38.2 Å². The highest BCUT2D eigenvalue weighted by Crippen LogP contribution is 2.46. The van der Waals surface area contributed by atoms with Gasteiger partial charge in [0, 0.05) is 48.6 Å². The molecule has 2 aliphatic rings. The molecule has 5 rings (SSSR count). The molecule has 0 unspecified atom stereocenters. The highest BCUT2D eigenvalue weighted by Gasteiger charge is 2.44. The zero-order chi connectivity index (χ0) is 21.8. The van der Waals surface area contributed by atoms with Crippen molar-refractivity contribution in [1.29, 1.82) is 0 Å². The van der Waals surface area contributed by atoms with E-state index < -0.39 is 0 Å². The third-order valence-electron chi connectivity index (χ3n) is 6.15. The van der Waals surface area contributed by atoms with Crippen LogP contribution in [-0.2, 0) is 17.3 Å². The van der Waals surface area contributed by atoms with Gasteiger partial charge in [-0.25, -0.2) is 4.98 Å². The number of amides is 1. The lowest BCUT2D eigenvalue weighted by Crippen LogP contribution is -2.41. The van der Waals surface area contributed by atoms with Crippen molar-refractivity contribution in [3.8, 4) is 10.4 Å². The van der Waals surface area contributed by atoms with Crippen molar-refractivity contribution in [3.05, 3.63) is 46.6 Å². The molecule has 1 saturated carbocycles. The van der Waals surface area contributed by atoms with E-state index in [9.17, 15) is 4.79 Å². The van der Waals surface area contributed by atoms with E-state index in [1.807, 2.05) is 34.8 Å². The molecule has 3 aromatic heterocycles. The zero-order valence-electron chi connectivity index (χ0n) is 18.3. The maximum absolute atomic E-state index is 13.0. The average molecular weight is 438 g/mol. The van der Waals surface area contributed by atoms with Gasteiger partial charge in [-0.3, -0.25) is 9.48 Å². The lowest BCUT2D eigenvalue weighted by molar-refractivity contribution is 0.0526. The number of ether oxygens (including phenoxy) is 1. The van der Waals surface area contributed by atoms with Crippen LogP contribution in [0.2, 0.25) is 0 Å². The highest BCUT2D eigenvalue weighted by molar-refractivity contribution is 7.16. The lowest BCUT2D eigenvalue weighted by Gasteiger charge is -2.32. The summed E-state index contributed by atoms with van der Waals surface area (Å²) in [4.78, 5) is 21.6. The molecule has 0 spiro atoms. The molecule has 1 aliphatic heterocycles. The molecule has 1 amide bonds. The summed E-state index contributed by atoms with van der Waals surface area (Å²) < 4.78 is 7.06. The molecule has 31 heavy (non-hydrogen) atoms. The number of anilines is 2. The van der Waals surface area contributed by atoms with Crippen LogP contribution in [0.15, 0.2) is 30.5 Å². The van der Waals surface area contributed by atoms with Crippen molar-refractivity contribution in [2.75, 3.05) is 25.6 Å². The Morgan fingerprint density at radius 2 is 2.10 bits per heavy atom. The highest BCUT2D eigenvalue weighted by atomic mass is 32.1. The first-order chi connectivity index (χ1) is 14.9. The Balaban J connectivity index is 1.40. The van der Waals surface area contributed by atoms with E-state index in [-0.39, 0.29) is 11.4 Å². The Morgan fingerprint density at radius 1 is 1.29 bits per heavy atom. The predicted molar refractivity (Wildman–Crippen MR) is 122 cm³/mol. The van der Waals surface area contributed by atoms with Gasteiger partial charge in [-0.2, -0.15) is 5.10 Å². The summed E-state index contributed by atoms with van der Waals surface area (Å²) in [5.41, 5.74) is 2.66. The molecule has 0 atom stereocenters. The lowest BCUT2D eigenvalue weighted by atomic mass is 10.0. The first kappa shape index (κ1) is 20.2. The van der Waals surface area contributed by atoms with Crippen molar-refractivity contribution >= 4 is 28.9 Å². The van der Waals surface area contributed by atoms with Crippen LogP contribution in [-0.4, -0.2) is 45.8 Å². The SMILES string of the molecule is COCCN1C(=O)c2cc(-c3ccnc(Nc4cc(C5CC5)nn4C)c3)sc2C1(C)C. The molecule has 0 aromatic carbocycles. The van der Waals surface area contributed by atoms with Crippen molar-refractivity contribution in [2.24, 2.45) is 7.05 Å². The van der Waals surface area contributed by atoms with Crippen LogP contribution in [0.5, 0.6) is 0 Å². The van der Waals surface area contributed by atoms with Gasteiger partial charge in [-0.15, -0.1) is 11.3 Å². The van der Waals surface area contributed by atoms with Gasteiger partial charge in [0.25, 0.3) is 5.91 Å². The molecule has 8 heteroatoms. The van der Waals surface area contributed by atoms with E-state index in [1.54, 1.807) is 24.6 Å². The van der Waals surface area contributed by atoms with Gasteiger partial charge in [0.1, 0.15) is 11.6 Å². The minimum atomic E-state index is -0.337. The molecule has 162 valence electrons. The number of carbonyl (C=O) groups excluding carboxylic acids is 1. The number of pyridine rings is 1. The second-order valence-electron chi connectivity index (χ2n) is 8.77. The van der Waals surface area contributed by atoms with Crippen LogP contribution in [0.4, 0.5) is 11.6 Å². The van der Waals surface area contributed by atoms with Crippen LogP contribution in [0, 0.1) is 0 Å². The van der Waals surface area contributed by atoms with E-state index in [1.165, 1.54) is 12.8 Å². The molecular formula is C23H27N5O2S. The number of aryl methyl sites for hydroxylation is 1.